The standard InChI is InChI=1S/C13H15F3N2O/c14-13(15,16)7-8-17-12(19)11-6-5-9-3-1-2-4-10(9)18-11/h1-4,11,18H,5-8H2,(H,17,19). The average Bonchev–Trinajstić information content (AvgIpc) is 2.36. The number of aryl methyl sites for hydroxylation is 1. The predicted octanol–water partition coefficient (Wildman–Crippen LogP) is 2.48. The molecule has 0 radical (unpaired) electrons. The Balaban J connectivity index is 1.85. The lowest BCUT2D eigenvalue weighted by atomic mass is 9.98. The maximum atomic E-state index is 12.0. The lowest BCUT2D eigenvalue weighted by Gasteiger charge is -2.26. The van der Waals surface area contributed by atoms with E-state index in [1.807, 2.05) is 24.3 Å². The van der Waals surface area contributed by atoms with E-state index in [0.717, 1.165) is 17.7 Å². The van der Waals surface area contributed by atoms with Crippen LogP contribution in [0.4, 0.5) is 18.9 Å². The van der Waals surface area contributed by atoms with Crippen LogP contribution in [0.1, 0.15) is 18.4 Å². The summed E-state index contributed by atoms with van der Waals surface area (Å²) in [5.41, 5.74) is 2.01. The molecule has 1 aromatic rings. The number of fused-ring (bicyclic) bond motifs is 1. The van der Waals surface area contributed by atoms with E-state index in [1.165, 1.54) is 0 Å². The van der Waals surface area contributed by atoms with Crippen molar-refractivity contribution in [1.82, 2.24) is 5.32 Å². The third-order valence-corrected chi connectivity index (χ3v) is 3.07. The van der Waals surface area contributed by atoms with Gasteiger partial charge in [-0.1, -0.05) is 18.2 Å². The molecular weight excluding hydrogens is 257 g/mol. The van der Waals surface area contributed by atoms with E-state index in [-0.39, 0.29) is 12.5 Å². The number of anilines is 1. The molecule has 0 saturated heterocycles. The van der Waals surface area contributed by atoms with Gasteiger partial charge in [0.2, 0.25) is 5.91 Å². The van der Waals surface area contributed by atoms with Gasteiger partial charge in [0.1, 0.15) is 6.04 Å². The summed E-state index contributed by atoms with van der Waals surface area (Å²) in [4.78, 5) is 11.8. The molecule has 1 heterocycles. The molecule has 2 rings (SSSR count). The second-order valence-electron chi connectivity index (χ2n) is 4.55. The summed E-state index contributed by atoms with van der Waals surface area (Å²) in [5.74, 6) is -0.376. The molecule has 0 aliphatic carbocycles. The highest BCUT2D eigenvalue weighted by Crippen LogP contribution is 2.24. The molecule has 0 saturated carbocycles. The number of hydrogen-bond acceptors (Lipinski definition) is 2. The van der Waals surface area contributed by atoms with Crippen LogP contribution >= 0.6 is 0 Å². The first-order valence-electron chi connectivity index (χ1n) is 6.14. The van der Waals surface area contributed by atoms with Gasteiger partial charge in [0.25, 0.3) is 0 Å². The summed E-state index contributed by atoms with van der Waals surface area (Å²) in [7, 11) is 0. The van der Waals surface area contributed by atoms with E-state index < -0.39 is 18.6 Å². The molecule has 1 aliphatic rings. The van der Waals surface area contributed by atoms with Gasteiger partial charge in [-0.05, 0) is 24.5 Å². The monoisotopic (exact) mass is 272 g/mol. The second-order valence-corrected chi connectivity index (χ2v) is 4.55. The van der Waals surface area contributed by atoms with Crippen LogP contribution in [0, 0.1) is 0 Å². The molecule has 2 N–H and O–H groups in total. The number of rotatable bonds is 3. The molecule has 0 fully saturated rings. The minimum atomic E-state index is -4.24. The highest BCUT2D eigenvalue weighted by atomic mass is 19.4. The number of carbonyl (C=O) groups excluding carboxylic acids is 1. The molecule has 104 valence electrons. The van der Waals surface area contributed by atoms with Crippen LogP contribution in [-0.4, -0.2) is 24.7 Å². The van der Waals surface area contributed by atoms with Crippen molar-refractivity contribution in [3.05, 3.63) is 29.8 Å². The van der Waals surface area contributed by atoms with Gasteiger partial charge in [0.05, 0.1) is 6.42 Å². The molecule has 0 spiro atoms. The fraction of sp³-hybridized carbons (Fsp3) is 0.462. The first kappa shape index (κ1) is 13.7. The Bertz CT molecular complexity index is 459. The zero-order valence-corrected chi connectivity index (χ0v) is 10.3. The van der Waals surface area contributed by atoms with Crippen molar-refractivity contribution in [3.63, 3.8) is 0 Å². The van der Waals surface area contributed by atoms with E-state index in [2.05, 4.69) is 10.6 Å². The molecule has 6 heteroatoms. The molecule has 0 aromatic heterocycles. The van der Waals surface area contributed by atoms with Crippen molar-refractivity contribution in [2.24, 2.45) is 0 Å². The summed E-state index contributed by atoms with van der Waals surface area (Å²) >= 11 is 0. The zero-order chi connectivity index (χ0) is 13.9. The Morgan fingerprint density at radius 3 is 2.84 bits per heavy atom. The summed E-state index contributed by atoms with van der Waals surface area (Å²) in [5, 5.41) is 5.37. The van der Waals surface area contributed by atoms with E-state index in [1.54, 1.807) is 0 Å². The van der Waals surface area contributed by atoms with Crippen LogP contribution in [0.25, 0.3) is 0 Å². The Morgan fingerprint density at radius 2 is 2.11 bits per heavy atom. The van der Waals surface area contributed by atoms with Crippen molar-refractivity contribution in [2.75, 3.05) is 11.9 Å². The summed E-state index contributed by atoms with van der Waals surface area (Å²) < 4.78 is 35.9. The van der Waals surface area contributed by atoms with Gasteiger partial charge >= 0.3 is 6.18 Å². The van der Waals surface area contributed by atoms with Gasteiger partial charge in [-0.2, -0.15) is 13.2 Å². The Kier molecular flexibility index (Phi) is 3.97. The molecule has 3 nitrogen and oxygen atoms in total. The number of amides is 1. The number of benzene rings is 1. The van der Waals surface area contributed by atoms with Gasteiger partial charge in [-0.3, -0.25) is 4.79 Å². The summed E-state index contributed by atoms with van der Waals surface area (Å²) in [6.07, 6.45) is -3.89. The minimum Gasteiger partial charge on any atom is -0.373 e. The van der Waals surface area contributed by atoms with Crippen molar-refractivity contribution >= 4 is 11.6 Å². The van der Waals surface area contributed by atoms with Crippen molar-refractivity contribution in [2.45, 2.75) is 31.5 Å². The summed E-state index contributed by atoms with van der Waals surface area (Å²) in [6.45, 7) is -0.373. The highest BCUT2D eigenvalue weighted by molar-refractivity contribution is 5.85. The van der Waals surface area contributed by atoms with E-state index >= 15 is 0 Å². The third kappa shape index (κ3) is 3.87. The zero-order valence-electron chi connectivity index (χ0n) is 10.3. The fourth-order valence-electron chi connectivity index (χ4n) is 2.09. The minimum absolute atomic E-state index is 0.373. The lowest BCUT2D eigenvalue weighted by Crippen LogP contribution is -2.42. The molecule has 1 unspecified atom stereocenters. The normalized spacial score (nSPS) is 18.4. The SMILES string of the molecule is O=C(NCCC(F)(F)F)C1CCc2ccccc2N1. The number of para-hydroxylation sites is 1. The smallest absolute Gasteiger partial charge is 0.373 e. The molecular formula is C13H15F3N2O. The molecule has 1 atom stereocenters. The quantitative estimate of drug-likeness (QED) is 0.887. The molecule has 1 aliphatic heterocycles. The third-order valence-electron chi connectivity index (χ3n) is 3.07. The first-order chi connectivity index (χ1) is 8.96. The Morgan fingerprint density at radius 1 is 1.37 bits per heavy atom. The molecule has 19 heavy (non-hydrogen) atoms. The topological polar surface area (TPSA) is 41.1 Å². The maximum Gasteiger partial charge on any atom is 0.390 e. The van der Waals surface area contributed by atoms with Crippen LogP contribution < -0.4 is 10.6 Å². The number of halogens is 3. The number of nitrogens with one attached hydrogen (secondary N) is 2. The van der Waals surface area contributed by atoms with Crippen molar-refractivity contribution < 1.29 is 18.0 Å². The van der Waals surface area contributed by atoms with Gasteiger partial charge in [0.15, 0.2) is 0 Å². The predicted molar refractivity (Wildman–Crippen MR) is 65.9 cm³/mol. The molecule has 0 bridgehead atoms. The second kappa shape index (κ2) is 5.50. The Labute approximate surface area is 109 Å². The van der Waals surface area contributed by atoms with Crippen molar-refractivity contribution in [3.8, 4) is 0 Å². The van der Waals surface area contributed by atoms with Gasteiger partial charge in [-0.15, -0.1) is 0 Å². The number of hydrogen-bond donors (Lipinski definition) is 2. The van der Waals surface area contributed by atoms with Crippen molar-refractivity contribution in [1.29, 1.82) is 0 Å². The lowest BCUT2D eigenvalue weighted by molar-refractivity contribution is -0.135. The van der Waals surface area contributed by atoms with Gasteiger partial charge in [0, 0.05) is 12.2 Å². The van der Waals surface area contributed by atoms with Crippen LogP contribution in [0.15, 0.2) is 24.3 Å². The van der Waals surface area contributed by atoms with E-state index in [4.69, 9.17) is 0 Å². The fourth-order valence-corrected chi connectivity index (χ4v) is 2.09. The first-order valence-corrected chi connectivity index (χ1v) is 6.14. The average molecular weight is 272 g/mol. The van der Waals surface area contributed by atoms with Crippen LogP contribution in [0.2, 0.25) is 0 Å². The summed E-state index contributed by atoms with van der Waals surface area (Å²) in [6, 6.07) is 7.16. The Hall–Kier alpha value is -1.72. The van der Waals surface area contributed by atoms with Crippen LogP contribution in [0.3, 0.4) is 0 Å². The maximum absolute atomic E-state index is 12.0. The highest BCUT2D eigenvalue weighted by Gasteiger charge is 2.28. The molecule has 1 aromatic carbocycles. The molecule has 1 amide bonds. The number of carbonyl (C=O) groups is 1. The number of alkyl halides is 3. The van der Waals surface area contributed by atoms with Crippen LogP contribution in [-0.2, 0) is 11.2 Å². The van der Waals surface area contributed by atoms with E-state index in [0.29, 0.717) is 6.42 Å². The van der Waals surface area contributed by atoms with Gasteiger partial charge < -0.3 is 10.6 Å². The van der Waals surface area contributed by atoms with Crippen LogP contribution in [0.5, 0.6) is 0 Å². The largest absolute Gasteiger partial charge is 0.390 e. The van der Waals surface area contributed by atoms with E-state index in [9.17, 15) is 18.0 Å². The van der Waals surface area contributed by atoms with Gasteiger partial charge in [-0.25, -0.2) is 0 Å².